The Morgan fingerprint density at radius 3 is 2.29 bits per heavy atom. The molecule has 0 fully saturated rings. The van der Waals surface area contributed by atoms with Crippen LogP contribution in [0.5, 0.6) is 0 Å². The predicted octanol–water partition coefficient (Wildman–Crippen LogP) is -0.552. The number of hydrogen-bond acceptors (Lipinski definition) is 3. The van der Waals surface area contributed by atoms with Crippen molar-refractivity contribution < 1.29 is 9.59 Å². The third kappa shape index (κ3) is 4.23. The number of carbonyl (C=O) groups excluding carboxylic acids is 2. The molecule has 0 rings (SSSR count). The number of likely N-dealkylation sites (N-methyl/N-ethyl adjacent to an activating group) is 1. The lowest BCUT2D eigenvalue weighted by Gasteiger charge is -2.23. The third-order valence-electron chi connectivity index (χ3n) is 1.93. The van der Waals surface area contributed by atoms with Crippen LogP contribution in [0.25, 0.3) is 0 Å². The Kier molecular flexibility index (Phi) is 5.87. The van der Waals surface area contributed by atoms with Gasteiger partial charge >= 0.3 is 0 Å². The monoisotopic (exact) mass is 201 g/mol. The second-order valence-electron chi connectivity index (χ2n) is 3.19. The van der Waals surface area contributed by atoms with Crippen LogP contribution in [0.1, 0.15) is 26.7 Å². The van der Waals surface area contributed by atoms with Crippen LogP contribution in [0.3, 0.4) is 0 Å². The predicted molar refractivity (Wildman–Crippen MR) is 54.3 cm³/mol. The van der Waals surface area contributed by atoms with Crippen LogP contribution in [-0.4, -0.2) is 35.8 Å². The maximum absolute atomic E-state index is 11.6. The Hall–Kier alpha value is -1.10. The largest absolute Gasteiger partial charge is 0.370 e. The van der Waals surface area contributed by atoms with Crippen LogP contribution in [0.2, 0.25) is 0 Å². The summed E-state index contributed by atoms with van der Waals surface area (Å²) in [5.41, 5.74) is 10.5. The first kappa shape index (κ1) is 12.9. The van der Waals surface area contributed by atoms with Crippen molar-refractivity contribution in [3.8, 4) is 0 Å². The minimum Gasteiger partial charge on any atom is -0.370 e. The highest BCUT2D eigenvalue weighted by Gasteiger charge is 2.20. The van der Waals surface area contributed by atoms with Crippen molar-refractivity contribution in [2.24, 2.45) is 11.5 Å². The second kappa shape index (κ2) is 6.37. The first-order chi connectivity index (χ1) is 6.52. The van der Waals surface area contributed by atoms with Gasteiger partial charge in [0.25, 0.3) is 0 Å². The summed E-state index contributed by atoms with van der Waals surface area (Å²) in [4.78, 5) is 23.8. The number of carbonyl (C=O) groups is 2. The molecule has 0 heterocycles. The Labute approximate surface area is 84.4 Å². The molecule has 0 aromatic heterocycles. The van der Waals surface area contributed by atoms with E-state index in [-0.39, 0.29) is 12.3 Å². The zero-order valence-corrected chi connectivity index (χ0v) is 8.82. The SMILES string of the molecule is CCCN(CC)C(=O)C(N)CC(N)=O. The molecule has 1 atom stereocenters. The van der Waals surface area contributed by atoms with Gasteiger partial charge in [-0.1, -0.05) is 6.92 Å². The quantitative estimate of drug-likeness (QED) is 0.604. The lowest BCUT2D eigenvalue weighted by molar-refractivity contribution is -0.134. The zero-order chi connectivity index (χ0) is 11.1. The molecule has 82 valence electrons. The molecule has 0 aliphatic carbocycles. The number of nitrogens with two attached hydrogens (primary N) is 2. The highest BCUT2D eigenvalue weighted by atomic mass is 16.2. The van der Waals surface area contributed by atoms with E-state index in [0.717, 1.165) is 6.42 Å². The van der Waals surface area contributed by atoms with Crippen molar-refractivity contribution in [3.63, 3.8) is 0 Å². The second-order valence-corrected chi connectivity index (χ2v) is 3.19. The highest BCUT2D eigenvalue weighted by molar-refractivity contribution is 5.87. The van der Waals surface area contributed by atoms with Crippen molar-refractivity contribution in [2.75, 3.05) is 13.1 Å². The average Bonchev–Trinajstić information content (AvgIpc) is 2.12. The fraction of sp³-hybridized carbons (Fsp3) is 0.778. The molecule has 0 saturated carbocycles. The van der Waals surface area contributed by atoms with Crippen molar-refractivity contribution in [2.45, 2.75) is 32.7 Å². The van der Waals surface area contributed by atoms with E-state index in [1.165, 1.54) is 0 Å². The maximum atomic E-state index is 11.6. The molecule has 0 aromatic carbocycles. The van der Waals surface area contributed by atoms with Crippen molar-refractivity contribution in [3.05, 3.63) is 0 Å². The average molecular weight is 201 g/mol. The normalized spacial score (nSPS) is 12.2. The molecule has 0 bridgehead atoms. The molecule has 0 radical (unpaired) electrons. The molecule has 0 spiro atoms. The Bertz CT molecular complexity index is 206. The standard InChI is InChI=1S/C9H19N3O2/c1-3-5-12(4-2)9(14)7(10)6-8(11)13/h7H,3-6,10H2,1-2H3,(H2,11,13). The van der Waals surface area contributed by atoms with Crippen LogP contribution in [0, 0.1) is 0 Å². The Morgan fingerprint density at radius 1 is 1.36 bits per heavy atom. The van der Waals surface area contributed by atoms with E-state index in [4.69, 9.17) is 11.5 Å². The summed E-state index contributed by atoms with van der Waals surface area (Å²) < 4.78 is 0. The van der Waals surface area contributed by atoms with Gasteiger partial charge in [-0.3, -0.25) is 9.59 Å². The lowest BCUT2D eigenvalue weighted by atomic mass is 10.2. The molecule has 14 heavy (non-hydrogen) atoms. The first-order valence-electron chi connectivity index (χ1n) is 4.85. The van der Waals surface area contributed by atoms with E-state index >= 15 is 0 Å². The van der Waals surface area contributed by atoms with Gasteiger partial charge in [-0.25, -0.2) is 0 Å². The van der Waals surface area contributed by atoms with Crippen LogP contribution in [-0.2, 0) is 9.59 Å². The summed E-state index contributed by atoms with van der Waals surface area (Å²) in [6, 6.07) is -0.793. The van der Waals surface area contributed by atoms with E-state index < -0.39 is 11.9 Å². The number of rotatable bonds is 6. The Balaban J connectivity index is 4.19. The number of primary amides is 1. The van der Waals surface area contributed by atoms with Crippen LogP contribution < -0.4 is 11.5 Å². The minimum atomic E-state index is -0.793. The molecular formula is C9H19N3O2. The summed E-state index contributed by atoms with van der Waals surface area (Å²) in [6.45, 7) is 5.14. The maximum Gasteiger partial charge on any atom is 0.240 e. The molecule has 4 N–H and O–H groups in total. The minimum absolute atomic E-state index is 0.0843. The molecule has 0 aromatic rings. The van der Waals surface area contributed by atoms with Crippen LogP contribution >= 0.6 is 0 Å². The van der Waals surface area contributed by atoms with Crippen LogP contribution in [0.15, 0.2) is 0 Å². The molecule has 5 nitrogen and oxygen atoms in total. The van der Waals surface area contributed by atoms with Gasteiger partial charge in [0.2, 0.25) is 11.8 Å². The van der Waals surface area contributed by atoms with Gasteiger partial charge in [0.05, 0.1) is 12.5 Å². The van der Waals surface area contributed by atoms with E-state index in [9.17, 15) is 9.59 Å². The van der Waals surface area contributed by atoms with Crippen LogP contribution in [0.4, 0.5) is 0 Å². The summed E-state index contributed by atoms with van der Waals surface area (Å²) in [6.07, 6.45) is 0.794. The van der Waals surface area contributed by atoms with Gasteiger partial charge in [-0.2, -0.15) is 0 Å². The van der Waals surface area contributed by atoms with Crippen molar-refractivity contribution in [1.82, 2.24) is 4.90 Å². The molecule has 0 aliphatic rings. The van der Waals surface area contributed by atoms with Gasteiger partial charge in [0, 0.05) is 13.1 Å². The molecular weight excluding hydrogens is 182 g/mol. The Morgan fingerprint density at radius 2 is 1.93 bits per heavy atom. The van der Waals surface area contributed by atoms with E-state index in [1.54, 1.807) is 4.90 Å². The topological polar surface area (TPSA) is 89.4 Å². The summed E-state index contributed by atoms with van der Waals surface area (Å²) in [7, 11) is 0. The molecule has 2 amide bonds. The molecule has 1 unspecified atom stereocenters. The summed E-state index contributed by atoms with van der Waals surface area (Å²) in [5, 5.41) is 0. The fourth-order valence-corrected chi connectivity index (χ4v) is 1.23. The molecule has 0 aliphatic heterocycles. The summed E-state index contributed by atoms with van der Waals surface area (Å²) in [5.74, 6) is -0.744. The molecule has 5 heteroatoms. The number of nitrogens with zero attached hydrogens (tertiary/aromatic N) is 1. The smallest absolute Gasteiger partial charge is 0.240 e. The number of hydrogen-bond donors (Lipinski definition) is 2. The molecule has 0 saturated heterocycles. The number of amides is 2. The highest BCUT2D eigenvalue weighted by Crippen LogP contribution is 1.98. The van der Waals surface area contributed by atoms with Gasteiger partial charge in [0.15, 0.2) is 0 Å². The van der Waals surface area contributed by atoms with Gasteiger partial charge < -0.3 is 16.4 Å². The first-order valence-corrected chi connectivity index (χ1v) is 4.85. The summed E-state index contributed by atoms with van der Waals surface area (Å²) >= 11 is 0. The van der Waals surface area contributed by atoms with Crippen molar-refractivity contribution >= 4 is 11.8 Å². The van der Waals surface area contributed by atoms with Gasteiger partial charge in [-0.05, 0) is 13.3 Å². The third-order valence-corrected chi connectivity index (χ3v) is 1.93. The van der Waals surface area contributed by atoms with E-state index in [0.29, 0.717) is 13.1 Å². The van der Waals surface area contributed by atoms with E-state index in [1.807, 2.05) is 13.8 Å². The fourth-order valence-electron chi connectivity index (χ4n) is 1.23. The lowest BCUT2D eigenvalue weighted by Crippen LogP contribution is -2.45. The van der Waals surface area contributed by atoms with E-state index in [2.05, 4.69) is 0 Å². The van der Waals surface area contributed by atoms with Gasteiger partial charge in [0.1, 0.15) is 0 Å². The van der Waals surface area contributed by atoms with Crippen molar-refractivity contribution in [1.29, 1.82) is 0 Å². The zero-order valence-electron chi connectivity index (χ0n) is 8.82. The van der Waals surface area contributed by atoms with Gasteiger partial charge in [-0.15, -0.1) is 0 Å².